The molecule has 25 heavy (non-hydrogen) atoms. The highest BCUT2D eigenvalue weighted by Crippen LogP contribution is 2.44. The molecule has 4 nitrogen and oxygen atoms in total. The Bertz CT molecular complexity index is 811. The number of hydrogen-bond donors (Lipinski definition) is 1. The first-order valence-corrected chi connectivity index (χ1v) is 8.21. The Morgan fingerprint density at radius 2 is 2.12 bits per heavy atom. The molecule has 0 aromatic heterocycles. The normalized spacial score (nSPS) is 19.8. The Balaban J connectivity index is 2.28. The van der Waals surface area contributed by atoms with Crippen LogP contribution in [-0.2, 0) is 20.7 Å². The predicted molar refractivity (Wildman–Crippen MR) is 87.9 cm³/mol. The maximum absolute atomic E-state index is 14.3. The number of halogens is 2. The van der Waals surface area contributed by atoms with E-state index in [1.54, 1.807) is 13.0 Å². The highest BCUT2D eigenvalue weighted by atomic mass is 19.1. The molecule has 1 aromatic carbocycles. The number of rotatable bonds is 4. The smallest absolute Gasteiger partial charge is 0.336 e. The molecule has 1 aliphatic heterocycles. The lowest BCUT2D eigenvalue weighted by atomic mass is 9.78. The van der Waals surface area contributed by atoms with Gasteiger partial charge in [0.2, 0.25) is 0 Å². The lowest BCUT2D eigenvalue weighted by Gasteiger charge is -2.30. The molecule has 1 N–H and O–H groups in total. The van der Waals surface area contributed by atoms with Crippen LogP contribution >= 0.6 is 0 Å². The zero-order valence-corrected chi connectivity index (χ0v) is 14.1. The Morgan fingerprint density at radius 3 is 2.76 bits per heavy atom. The van der Waals surface area contributed by atoms with Crippen LogP contribution in [0.15, 0.2) is 40.7 Å². The van der Waals surface area contributed by atoms with Crippen molar-refractivity contribution in [2.24, 2.45) is 0 Å². The molecule has 0 bridgehead atoms. The van der Waals surface area contributed by atoms with Crippen LogP contribution in [0.1, 0.15) is 36.8 Å². The van der Waals surface area contributed by atoms with Gasteiger partial charge in [0, 0.05) is 23.6 Å². The van der Waals surface area contributed by atoms with E-state index in [-0.39, 0.29) is 17.1 Å². The van der Waals surface area contributed by atoms with Gasteiger partial charge in [-0.15, -0.1) is 0 Å². The fraction of sp³-hybridized carbons (Fsp3) is 0.368. The molecule has 0 fully saturated rings. The molecule has 132 valence electrons. The highest BCUT2D eigenvalue weighted by molar-refractivity contribution is 6.05. The first-order valence-electron chi connectivity index (χ1n) is 8.21. The van der Waals surface area contributed by atoms with Crippen LogP contribution in [0, 0.1) is 5.82 Å². The minimum atomic E-state index is -0.900. The molecule has 3 rings (SSSR count). The summed E-state index contributed by atoms with van der Waals surface area (Å²) in [6.45, 7) is 0.898. The van der Waals surface area contributed by atoms with Crippen molar-refractivity contribution < 1.29 is 23.1 Å². The lowest BCUT2D eigenvalue weighted by Crippen LogP contribution is -2.31. The van der Waals surface area contributed by atoms with Crippen molar-refractivity contribution in [2.45, 2.75) is 32.1 Å². The first kappa shape index (κ1) is 17.3. The lowest BCUT2D eigenvalue weighted by molar-refractivity contribution is -0.136. The summed E-state index contributed by atoms with van der Waals surface area (Å²) in [5.41, 5.74) is 2.08. The fourth-order valence-electron chi connectivity index (χ4n) is 3.70. The molecule has 6 heteroatoms. The number of Topliss-reactive ketones (excluding diaryl/α,β-unsaturated/α-hetero) is 1. The fourth-order valence-corrected chi connectivity index (χ4v) is 3.70. The number of nitrogens with one attached hydrogen (secondary N) is 1. The second kappa shape index (κ2) is 6.78. The van der Waals surface area contributed by atoms with Gasteiger partial charge in [-0.05, 0) is 30.0 Å². The number of allylic oxidation sites excluding steroid dienone is 3. The predicted octanol–water partition coefficient (Wildman–Crippen LogP) is 3.09. The number of benzene rings is 1. The van der Waals surface area contributed by atoms with E-state index in [4.69, 9.17) is 4.74 Å². The molecule has 0 saturated carbocycles. The Hall–Kier alpha value is -2.50. The van der Waals surface area contributed by atoms with Crippen LogP contribution in [-0.4, -0.2) is 25.5 Å². The molecule has 0 saturated heterocycles. The third-order valence-electron chi connectivity index (χ3n) is 4.79. The van der Waals surface area contributed by atoms with Crippen LogP contribution in [0.25, 0.3) is 0 Å². The van der Waals surface area contributed by atoms with Crippen LogP contribution in [0.5, 0.6) is 0 Å². The number of carbonyl (C=O) groups is 2. The number of ketones is 1. The maximum Gasteiger partial charge on any atom is 0.336 e. The molecule has 0 radical (unpaired) electrons. The molecule has 1 aliphatic carbocycles. The van der Waals surface area contributed by atoms with Gasteiger partial charge in [-0.25, -0.2) is 13.6 Å². The van der Waals surface area contributed by atoms with Crippen molar-refractivity contribution in [3.63, 3.8) is 0 Å². The van der Waals surface area contributed by atoms with Gasteiger partial charge in [-0.1, -0.05) is 19.1 Å². The molecule has 1 aromatic rings. The maximum atomic E-state index is 14.3. The Morgan fingerprint density at radius 1 is 1.36 bits per heavy atom. The summed E-state index contributed by atoms with van der Waals surface area (Å²) in [5, 5.41) is 2.88. The van der Waals surface area contributed by atoms with E-state index in [0.717, 1.165) is 0 Å². The Labute approximate surface area is 144 Å². The number of dihydropyridines is 1. The van der Waals surface area contributed by atoms with Crippen LogP contribution in [0.4, 0.5) is 8.78 Å². The van der Waals surface area contributed by atoms with E-state index >= 15 is 0 Å². The second-order valence-corrected chi connectivity index (χ2v) is 6.05. The molecular formula is C19H19F2NO3. The van der Waals surface area contributed by atoms with E-state index in [2.05, 4.69) is 5.32 Å². The van der Waals surface area contributed by atoms with Gasteiger partial charge < -0.3 is 10.1 Å². The Kier molecular flexibility index (Phi) is 4.70. The number of alkyl halides is 1. The van der Waals surface area contributed by atoms with Gasteiger partial charge >= 0.3 is 5.97 Å². The van der Waals surface area contributed by atoms with Gasteiger partial charge in [0.15, 0.2) is 5.78 Å². The zero-order chi connectivity index (χ0) is 18.1. The minimum Gasteiger partial charge on any atom is -0.466 e. The summed E-state index contributed by atoms with van der Waals surface area (Å²) in [5.74, 6) is -2.05. The summed E-state index contributed by atoms with van der Waals surface area (Å²) in [6.07, 6.45) is 1.14. The summed E-state index contributed by atoms with van der Waals surface area (Å²) in [4.78, 5) is 24.9. The quantitative estimate of drug-likeness (QED) is 0.851. The van der Waals surface area contributed by atoms with Crippen molar-refractivity contribution in [3.05, 3.63) is 57.7 Å². The van der Waals surface area contributed by atoms with Gasteiger partial charge in [-0.3, -0.25) is 4.79 Å². The van der Waals surface area contributed by atoms with Crippen molar-refractivity contribution in [1.29, 1.82) is 0 Å². The topological polar surface area (TPSA) is 55.4 Å². The molecule has 0 spiro atoms. The molecule has 1 heterocycles. The molecule has 0 amide bonds. The largest absolute Gasteiger partial charge is 0.466 e. The number of carbonyl (C=O) groups excluding carboxylic acids is 2. The number of esters is 1. The summed E-state index contributed by atoms with van der Waals surface area (Å²) in [7, 11) is 1.20. The number of methoxy groups -OCH3 is 1. The highest BCUT2D eigenvalue weighted by Gasteiger charge is 2.42. The first-order chi connectivity index (χ1) is 12.0. The third kappa shape index (κ3) is 2.75. The molecule has 0 unspecified atom stereocenters. The summed E-state index contributed by atoms with van der Waals surface area (Å²) >= 11 is 0. The monoisotopic (exact) mass is 347 g/mol. The van der Waals surface area contributed by atoms with Gasteiger partial charge in [-0.2, -0.15) is 0 Å². The SMILES string of the molecule is CCc1c(F)cccc1[C@@H]1C2=C(CCC2=O)NC(CF)=C1C(=O)OC. The zero-order valence-electron chi connectivity index (χ0n) is 14.1. The molecular weight excluding hydrogens is 328 g/mol. The van der Waals surface area contributed by atoms with Gasteiger partial charge in [0.1, 0.15) is 12.5 Å². The average Bonchev–Trinajstić information content (AvgIpc) is 3.00. The van der Waals surface area contributed by atoms with E-state index in [1.807, 2.05) is 0 Å². The van der Waals surface area contributed by atoms with Crippen molar-refractivity contribution >= 4 is 11.8 Å². The molecule has 2 aliphatic rings. The number of hydrogen-bond acceptors (Lipinski definition) is 4. The van der Waals surface area contributed by atoms with Gasteiger partial charge in [0.05, 0.1) is 18.4 Å². The minimum absolute atomic E-state index is 0.0410. The van der Waals surface area contributed by atoms with E-state index < -0.39 is 24.4 Å². The summed E-state index contributed by atoms with van der Waals surface area (Å²) in [6, 6.07) is 4.56. The van der Waals surface area contributed by atoms with Crippen LogP contribution in [0.2, 0.25) is 0 Å². The standard InChI is InChI=1S/C19H19F2NO3/c1-3-10-11(5-4-6-12(10)21)16-17-13(7-8-15(17)23)22-14(9-20)18(16)19(24)25-2/h4-6,16,22H,3,7-9H2,1-2H3/t16-/m1/s1. The van der Waals surface area contributed by atoms with Crippen molar-refractivity contribution in [1.82, 2.24) is 5.32 Å². The van der Waals surface area contributed by atoms with E-state index in [0.29, 0.717) is 41.7 Å². The van der Waals surface area contributed by atoms with Crippen LogP contribution < -0.4 is 5.32 Å². The third-order valence-corrected chi connectivity index (χ3v) is 4.79. The number of ether oxygens (including phenoxy) is 1. The van der Waals surface area contributed by atoms with Crippen LogP contribution in [0.3, 0.4) is 0 Å². The van der Waals surface area contributed by atoms with E-state index in [1.165, 1.54) is 19.2 Å². The van der Waals surface area contributed by atoms with Gasteiger partial charge in [0.25, 0.3) is 0 Å². The second-order valence-electron chi connectivity index (χ2n) is 6.05. The molecule has 1 atom stereocenters. The van der Waals surface area contributed by atoms with Crippen molar-refractivity contribution in [3.8, 4) is 0 Å². The van der Waals surface area contributed by atoms with Crippen molar-refractivity contribution in [2.75, 3.05) is 13.8 Å². The summed E-state index contributed by atoms with van der Waals surface area (Å²) < 4.78 is 32.8. The van der Waals surface area contributed by atoms with E-state index in [9.17, 15) is 18.4 Å². The average molecular weight is 347 g/mol.